The summed E-state index contributed by atoms with van der Waals surface area (Å²) in [6.07, 6.45) is 2.33. The molecule has 1 aliphatic rings. The van der Waals surface area contributed by atoms with Gasteiger partial charge in [0.25, 0.3) is 5.91 Å². The highest BCUT2D eigenvalue weighted by atomic mass is 19.1. The van der Waals surface area contributed by atoms with E-state index in [0.29, 0.717) is 24.3 Å². The number of amides is 1. The number of aryl methyl sites for hydroxylation is 1. The third kappa shape index (κ3) is 3.40. The van der Waals surface area contributed by atoms with Crippen LogP contribution in [-0.4, -0.2) is 22.5 Å². The zero-order valence-corrected chi connectivity index (χ0v) is 12.3. The van der Waals surface area contributed by atoms with Crippen LogP contribution >= 0.6 is 0 Å². The van der Waals surface area contributed by atoms with E-state index in [9.17, 15) is 19.1 Å². The van der Waals surface area contributed by atoms with Gasteiger partial charge in [-0.2, -0.15) is 0 Å². The zero-order chi connectivity index (χ0) is 15.6. The van der Waals surface area contributed by atoms with Crippen molar-refractivity contribution in [2.24, 2.45) is 5.92 Å². The Bertz CT molecular complexity index is 542. The van der Waals surface area contributed by atoms with Crippen molar-refractivity contribution in [1.29, 1.82) is 0 Å². The molecule has 0 spiro atoms. The molecule has 4 nitrogen and oxygen atoms in total. The Balaban J connectivity index is 2.21. The molecule has 114 valence electrons. The van der Waals surface area contributed by atoms with Crippen LogP contribution in [0.15, 0.2) is 18.2 Å². The number of carboxylic acids is 1. The zero-order valence-electron chi connectivity index (χ0n) is 12.3. The van der Waals surface area contributed by atoms with E-state index in [1.165, 1.54) is 6.07 Å². The molecule has 1 saturated carbocycles. The molecule has 0 aromatic heterocycles. The average molecular weight is 293 g/mol. The van der Waals surface area contributed by atoms with Gasteiger partial charge >= 0.3 is 5.97 Å². The van der Waals surface area contributed by atoms with E-state index < -0.39 is 23.2 Å². The Morgan fingerprint density at radius 2 is 1.90 bits per heavy atom. The van der Waals surface area contributed by atoms with Gasteiger partial charge in [-0.1, -0.05) is 6.92 Å². The summed E-state index contributed by atoms with van der Waals surface area (Å²) in [6.45, 7) is 3.76. The van der Waals surface area contributed by atoms with Gasteiger partial charge in [0.15, 0.2) is 0 Å². The SMILES string of the molecule is Cc1cc(F)cc(C(=O)NC2(C(=O)O)CCC(C)CC2)c1. The molecule has 1 aliphatic carbocycles. The van der Waals surface area contributed by atoms with Crippen LogP contribution in [-0.2, 0) is 4.79 Å². The Labute approximate surface area is 123 Å². The van der Waals surface area contributed by atoms with Gasteiger partial charge < -0.3 is 10.4 Å². The summed E-state index contributed by atoms with van der Waals surface area (Å²) in [5.74, 6) is -1.59. The number of carboxylic acid groups (broad SMARTS) is 1. The number of benzene rings is 1. The minimum absolute atomic E-state index is 0.159. The summed E-state index contributed by atoms with van der Waals surface area (Å²) in [6, 6.07) is 4.01. The third-order valence-electron chi connectivity index (χ3n) is 4.19. The summed E-state index contributed by atoms with van der Waals surface area (Å²) in [5.41, 5.74) is -0.447. The van der Waals surface area contributed by atoms with Gasteiger partial charge in [0, 0.05) is 5.56 Å². The fraction of sp³-hybridized carbons (Fsp3) is 0.500. The van der Waals surface area contributed by atoms with Crippen molar-refractivity contribution in [2.45, 2.75) is 45.1 Å². The Morgan fingerprint density at radius 1 is 1.29 bits per heavy atom. The largest absolute Gasteiger partial charge is 0.480 e. The van der Waals surface area contributed by atoms with Crippen LogP contribution in [0.1, 0.15) is 48.5 Å². The molecule has 0 radical (unpaired) electrons. The second-order valence-electron chi connectivity index (χ2n) is 6.04. The Morgan fingerprint density at radius 3 is 2.43 bits per heavy atom. The highest BCUT2D eigenvalue weighted by molar-refractivity contribution is 5.98. The minimum Gasteiger partial charge on any atom is -0.480 e. The van der Waals surface area contributed by atoms with Crippen molar-refractivity contribution in [3.63, 3.8) is 0 Å². The molecule has 0 heterocycles. The lowest BCUT2D eigenvalue weighted by Crippen LogP contribution is -2.56. The summed E-state index contributed by atoms with van der Waals surface area (Å²) in [4.78, 5) is 23.9. The first kappa shape index (κ1) is 15.5. The fourth-order valence-corrected chi connectivity index (χ4v) is 2.80. The lowest BCUT2D eigenvalue weighted by Gasteiger charge is -2.36. The van der Waals surface area contributed by atoms with Crippen molar-refractivity contribution in [1.82, 2.24) is 5.32 Å². The van der Waals surface area contributed by atoms with Crippen LogP contribution in [0, 0.1) is 18.7 Å². The predicted octanol–water partition coefficient (Wildman–Crippen LogP) is 2.90. The molecular weight excluding hydrogens is 273 g/mol. The van der Waals surface area contributed by atoms with Gasteiger partial charge in [0.2, 0.25) is 0 Å². The third-order valence-corrected chi connectivity index (χ3v) is 4.19. The van der Waals surface area contributed by atoms with Crippen molar-refractivity contribution in [3.05, 3.63) is 35.1 Å². The molecule has 2 rings (SSSR count). The number of hydrogen-bond donors (Lipinski definition) is 2. The molecule has 1 aromatic rings. The van der Waals surface area contributed by atoms with Crippen molar-refractivity contribution in [2.75, 3.05) is 0 Å². The van der Waals surface area contributed by atoms with E-state index in [1.54, 1.807) is 13.0 Å². The first-order valence-corrected chi connectivity index (χ1v) is 7.15. The maximum atomic E-state index is 13.4. The lowest BCUT2D eigenvalue weighted by molar-refractivity contribution is -0.146. The Hall–Kier alpha value is -1.91. The van der Waals surface area contributed by atoms with Gasteiger partial charge in [0.05, 0.1) is 0 Å². The topological polar surface area (TPSA) is 66.4 Å². The standard InChI is InChI=1S/C16H20FNO3/c1-10-3-5-16(6-4-10,15(20)21)18-14(19)12-7-11(2)8-13(17)9-12/h7-10H,3-6H2,1-2H3,(H,18,19)(H,20,21). The summed E-state index contributed by atoms with van der Waals surface area (Å²) >= 11 is 0. The van der Waals surface area contributed by atoms with E-state index in [2.05, 4.69) is 12.2 Å². The maximum absolute atomic E-state index is 13.4. The molecule has 0 saturated heterocycles. The molecule has 0 aliphatic heterocycles. The fourth-order valence-electron chi connectivity index (χ4n) is 2.80. The molecule has 1 fully saturated rings. The quantitative estimate of drug-likeness (QED) is 0.900. The number of carbonyl (C=O) groups is 2. The lowest BCUT2D eigenvalue weighted by atomic mass is 9.77. The van der Waals surface area contributed by atoms with Gasteiger partial charge in [-0.05, 0) is 62.3 Å². The smallest absolute Gasteiger partial charge is 0.329 e. The Kier molecular flexibility index (Phi) is 4.30. The highest BCUT2D eigenvalue weighted by Gasteiger charge is 2.42. The van der Waals surface area contributed by atoms with E-state index >= 15 is 0 Å². The first-order chi connectivity index (χ1) is 9.82. The summed E-state index contributed by atoms with van der Waals surface area (Å²) in [5, 5.41) is 12.1. The predicted molar refractivity (Wildman–Crippen MR) is 76.6 cm³/mol. The number of aliphatic carboxylic acids is 1. The van der Waals surface area contributed by atoms with E-state index in [-0.39, 0.29) is 5.56 Å². The monoisotopic (exact) mass is 293 g/mol. The number of rotatable bonds is 3. The van der Waals surface area contributed by atoms with Crippen LogP contribution in [0.25, 0.3) is 0 Å². The number of hydrogen-bond acceptors (Lipinski definition) is 2. The van der Waals surface area contributed by atoms with Crippen LogP contribution in [0.4, 0.5) is 4.39 Å². The molecule has 0 bridgehead atoms. The number of halogens is 1. The van der Waals surface area contributed by atoms with Gasteiger partial charge in [-0.25, -0.2) is 9.18 Å². The summed E-state index contributed by atoms with van der Waals surface area (Å²) in [7, 11) is 0. The molecule has 21 heavy (non-hydrogen) atoms. The average Bonchev–Trinajstić information content (AvgIpc) is 2.40. The van der Waals surface area contributed by atoms with E-state index in [0.717, 1.165) is 18.9 Å². The van der Waals surface area contributed by atoms with E-state index in [1.807, 2.05) is 0 Å². The van der Waals surface area contributed by atoms with Crippen LogP contribution in [0.2, 0.25) is 0 Å². The number of nitrogens with one attached hydrogen (secondary N) is 1. The molecule has 1 aromatic carbocycles. The molecule has 0 atom stereocenters. The molecule has 5 heteroatoms. The first-order valence-electron chi connectivity index (χ1n) is 7.15. The number of carbonyl (C=O) groups excluding carboxylic acids is 1. The molecule has 0 unspecified atom stereocenters. The molecule has 1 amide bonds. The van der Waals surface area contributed by atoms with Gasteiger partial charge in [0.1, 0.15) is 11.4 Å². The second kappa shape index (κ2) is 5.84. The second-order valence-corrected chi connectivity index (χ2v) is 6.04. The van der Waals surface area contributed by atoms with Crippen molar-refractivity contribution < 1.29 is 19.1 Å². The maximum Gasteiger partial charge on any atom is 0.329 e. The van der Waals surface area contributed by atoms with Crippen molar-refractivity contribution >= 4 is 11.9 Å². The van der Waals surface area contributed by atoms with Gasteiger partial charge in [-0.3, -0.25) is 4.79 Å². The van der Waals surface area contributed by atoms with Crippen LogP contribution < -0.4 is 5.32 Å². The van der Waals surface area contributed by atoms with Gasteiger partial charge in [-0.15, -0.1) is 0 Å². The van der Waals surface area contributed by atoms with Crippen molar-refractivity contribution in [3.8, 4) is 0 Å². The van der Waals surface area contributed by atoms with Crippen LogP contribution in [0.3, 0.4) is 0 Å². The highest BCUT2D eigenvalue weighted by Crippen LogP contribution is 2.32. The molecule has 2 N–H and O–H groups in total. The van der Waals surface area contributed by atoms with E-state index in [4.69, 9.17) is 0 Å². The van der Waals surface area contributed by atoms with Crippen LogP contribution in [0.5, 0.6) is 0 Å². The molecular formula is C16H20FNO3. The summed E-state index contributed by atoms with van der Waals surface area (Å²) < 4.78 is 13.4. The normalized spacial score (nSPS) is 25.4. The minimum atomic E-state index is -1.23.